The van der Waals surface area contributed by atoms with Gasteiger partial charge in [-0.1, -0.05) is 0 Å². The van der Waals surface area contributed by atoms with Gasteiger partial charge in [-0.2, -0.15) is 0 Å². The van der Waals surface area contributed by atoms with E-state index >= 15 is 0 Å². The van der Waals surface area contributed by atoms with Gasteiger partial charge in [-0.25, -0.2) is 9.18 Å². The summed E-state index contributed by atoms with van der Waals surface area (Å²) in [6.07, 6.45) is 1.63. The van der Waals surface area contributed by atoms with E-state index in [0.717, 1.165) is 37.2 Å². The molecular weight excluding hydrogens is 285 g/mol. The number of carbonyl (C=O) groups is 1. The molecule has 1 saturated heterocycles. The second kappa shape index (κ2) is 6.02. The maximum Gasteiger partial charge on any atom is 0.315 e. The van der Waals surface area contributed by atoms with Crippen LogP contribution in [-0.2, 0) is 6.42 Å². The number of benzene rings is 1. The van der Waals surface area contributed by atoms with Crippen LogP contribution in [0.3, 0.4) is 0 Å². The summed E-state index contributed by atoms with van der Waals surface area (Å²) in [5.41, 5.74) is 1.98. The molecule has 0 saturated carbocycles. The fraction of sp³-hybridized carbons (Fsp3) is 0.562. The Morgan fingerprint density at radius 3 is 3.09 bits per heavy atom. The van der Waals surface area contributed by atoms with Crippen LogP contribution >= 0.6 is 0 Å². The van der Waals surface area contributed by atoms with E-state index in [0.29, 0.717) is 12.3 Å². The summed E-state index contributed by atoms with van der Waals surface area (Å²) in [6, 6.07) is 3.28. The Morgan fingerprint density at radius 1 is 1.50 bits per heavy atom. The number of anilines is 1. The Hall–Kier alpha value is -1.98. The van der Waals surface area contributed by atoms with Crippen LogP contribution in [-0.4, -0.2) is 37.8 Å². The number of amides is 2. The number of ether oxygens (including phenoxy) is 1. The van der Waals surface area contributed by atoms with Crippen LogP contribution in [0.4, 0.5) is 14.9 Å². The quantitative estimate of drug-likeness (QED) is 0.898. The van der Waals surface area contributed by atoms with E-state index in [2.05, 4.69) is 15.5 Å². The number of nitrogens with one attached hydrogen (secondary N) is 2. The van der Waals surface area contributed by atoms with Gasteiger partial charge >= 0.3 is 6.03 Å². The highest BCUT2D eigenvalue weighted by Gasteiger charge is 2.31. The Bertz CT molecular complexity index is 579. The zero-order chi connectivity index (χ0) is 15.7. The molecule has 0 bridgehead atoms. The van der Waals surface area contributed by atoms with Gasteiger partial charge in [0.15, 0.2) is 11.6 Å². The first-order chi connectivity index (χ1) is 10.6. The van der Waals surface area contributed by atoms with Crippen molar-refractivity contribution in [1.82, 2.24) is 10.6 Å². The lowest BCUT2D eigenvalue weighted by molar-refractivity contribution is 0.238. The van der Waals surface area contributed by atoms with Crippen LogP contribution in [0.15, 0.2) is 12.1 Å². The van der Waals surface area contributed by atoms with Crippen molar-refractivity contribution in [2.24, 2.45) is 0 Å². The number of carbonyl (C=O) groups excluding carboxylic acids is 1. The molecule has 3 rings (SSSR count). The van der Waals surface area contributed by atoms with Gasteiger partial charge < -0.3 is 20.3 Å². The van der Waals surface area contributed by atoms with Crippen LogP contribution in [0, 0.1) is 5.82 Å². The number of rotatable bonds is 3. The van der Waals surface area contributed by atoms with Gasteiger partial charge in [0, 0.05) is 43.3 Å². The summed E-state index contributed by atoms with van der Waals surface area (Å²) in [7, 11) is 0. The van der Waals surface area contributed by atoms with Crippen molar-refractivity contribution >= 4 is 11.7 Å². The fourth-order valence-corrected chi connectivity index (χ4v) is 3.23. The van der Waals surface area contributed by atoms with Crippen LogP contribution in [0.5, 0.6) is 5.75 Å². The van der Waals surface area contributed by atoms with Crippen LogP contribution in [0.2, 0.25) is 0 Å². The molecule has 2 aliphatic rings. The van der Waals surface area contributed by atoms with Gasteiger partial charge in [-0.3, -0.25) is 0 Å². The lowest BCUT2D eigenvalue weighted by Crippen LogP contribution is -2.43. The molecule has 2 aliphatic heterocycles. The zero-order valence-electron chi connectivity index (χ0n) is 13.0. The average molecular weight is 307 g/mol. The number of nitrogens with zero attached hydrogens (tertiary/aromatic N) is 1. The van der Waals surface area contributed by atoms with Gasteiger partial charge in [-0.15, -0.1) is 0 Å². The van der Waals surface area contributed by atoms with Crippen molar-refractivity contribution in [2.75, 3.05) is 24.5 Å². The molecule has 22 heavy (non-hydrogen) atoms. The molecule has 5 nitrogen and oxygen atoms in total. The van der Waals surface area contributed by atoms with Crippen LogP contribution in [0.25, 0.3) is 0 Å². The maximum atomic E-state index is 13.9. The first-order valence-corrected chi connectivity index (χ1v) is 7.85. The van der Waals surface area contributed by atoms with Crippen molar-refractivity contribution in [1.29, 1.82) is 0 Å². The van der Waals surface area contributed by atoms with E-state index < -0.39 is 0 Å². The SMILES string of the molecule is CCNC(=O)NC1CCN(c2ccc(F)c3c2CC(C)O3)C1. The lowest BCUT2D eigenvalue weighted by atomic mass is 10.1. The average Bonchev–Trinajstić information content (AvgIpc) is 3.06. The van der Waals surface area contributed by atoms with Gasteiger partial charge in [0.25, 0.3) is 0 Å². The molecule has 2 atom stereocenters. The number of urea groups is 1. The van der Waals surface area contributed by atoms with E-state index in [1.807, 2.05) is 19.9 Å². The second-order valence-corrected chi connectivity index (χ2v) is 5.94. The van der Waals surface area contributed by atoms with Crippen molar-refractivity contribution in [2.45, 2.75) is 38.8 Å². The molecule has 2 amide bonds. The smallest absolute Gasteiger partial charge is 0.315 e. The van der Waals surface area contributed by atoms with Crippen molar-refractivity contribution in [3.8, 4) is 5.75 Å². The molecule has 0 radical (unpaired) electrons. The molecule has 1 fully saturated rings. The molecule has 2 N–H and O–H groups in total. The first-order valence-electron chi connectivity index (χ1n) is 7.85. The topological polar surface area (TPSA) is 53.6 Å². The predicted octanol–water partition coefficient (Wildman–Crippen LogP) is 2.05. The highest BCUT2D eigenvalue weighted by atomic mass is 19.1. The molecule has 120 valence electrons. The largest absolute Gasteiger partial charge is 0.487 e. The first kappa shape index (κ1) is 14.9. The Balaban J connectivity index is 1.72. The van der Waals surface area contributed by atoms with Gasteiger partial charge in [-0.05, 0) is 32.4 Å². The van der Waals surface area contributed by atoms with Gasteiger partial charge in [0.2, 0.25) is 0 Å². The lowest BCUT2D eigenvalue weighted by Gasteiger charge is -2.21. The van der Waals surface area contributed by atoms with Crippen LogP contribution in [0.1, 0.15) is 25.8 Å². The summed E-state index contributed by atoms with van der Waals surface area (Å²) in [6.45, 7) is 6.05. The summed E-state index contributed by atoms with van der Waals surface area (Å²) >= 11 is 0. The molecule has 1 aromatic rings. The third-order valence-electron chi connectivity index (χ3n) is 4.20. The summed E-state index contributed by atoms with van der Waals surface area (Å²) in [5, 5.41) is 5.71. The van der Waals surface area contributed by atoms with E-state index in [1.54, 1.807) is 0 Å². The molecule has 0 aliphatic carbocycles. The molecule has 6 heteroatoms. The monoisotopic (exact) mass is 307 g/mol. The fourth-order valence-electron chi connectivity index (χ4n) is 3.23. The third-order valence-corrected chi connectivity index (χ3v) is 4.20. The number of hydrogen-bond donors (Lipinski definition) is 2. The van der Waals surface area contributed by atoms with E-state index in [1.165, 1.54) is 6.07 Å². The van der Waals surface area contributed by atoms with E-state index in [4.69, 9.17) is 4.74 Å². The second-order valence-electron chi connectivity index (χ2n) is 5.94. The molecule has 1 aromatic carbocycles. The summed E-state index contributed by atoms with van der Waals surface area (Å²) in [4.78, 5) is 13.8. The van der Waals surface area contributed by atoms with E-state index in [-0.39, 0.29) is 24.0 Å². The van der Waals surface area contributed by atoms with E-state index in [9.17, 15) is 9.18 Å². The highest BCUT2D eigenvalue weighted by molar-refractivity contribution is 5.74. The molecule has 0 aromatic heterocycles. The number of fused-ring (bicyclic) bond motifs is 1. The van der Waals surface area contributed by atoms with Crippen LogP contribution < -0.4 is 20.3 Å². The molecule has 2 unspecified atom stereocenters. The Kier molecular flexibility index (Phi) is 4.09. The number of halogens is 1. The predicted molar refractivity (Wildman–Crippen MR) is 83.0 cm³/mol. The third kappa shape index (κ3) is 2.82. The summed E-state index contributed by atoms with van der Waals surface area (Å²) in [5.74, 6) is 0.101. The van der Waals surface area contributed by atoms with Gasteiger partial charge in [0.05, 0.1) is 0 Å². The normalized spacial score (nSPS) is 23.1. The minimum absolute atomic E-state index is 0.0116. The Labute approximate surface area is 129 Å². The molecule has 2 heterocycles. The minimum Gasteiger partial charge on any atom is -0.487 e. The zero-order valence-corrected chi connectivity index (χ0v) is 13.0. The molecular formula is C16H22FN3O2. The maximum absolute atomic E-state index is 13.9. The minimum atomic E-state index is -0.292. The Morgan fingerprint density at radius 2 is 2.32 bits per heavy atom. The standard InChI is InChI=1S/C16H22FN3O2/c1-3-18-16(21)19-11-6-7-20(9-11)14-5-4-13(17)15-12(14)8-10(2)22-15/h4-5,10-11H,3,6-9H2,1-2H3,(H2,18,19,21). The molecule has 0 spiro atoms. The van der Waals surface area contributed by atoms with Crippen molar-refractivity contribution in [3.63, 3.8) is 0 Å². The van der Waals surface area contributed by atoms with Gasteiger partial charge in [0.1, 0.15) is 6.10 Å². The highest BCUT2D eigenvalue weighted by Crippen LogP contribution is 2.39. The van der Waals surface area contributed by atoms with Crippen molar-refractivity contribution in [3.05, 3.63) is 23.5 Å². The number of hydrogen-bond acceptors (Lipinski definition) is 3. The summed E-state index contributed by atoms with van der Waals surface area (Å²) < 4.78 is 19.4. The van der Waals surface area contributed by atoms with Crippen molar-refractivity contribution < 1.29 is 13.9 Å².